The van der Waals surface area contributed by atoms with Crippen molar-refractivity contribution in [3.05, 3.63) is 72.1 Å². The first-order valence-electron chi connectivity index (χ1n) is 10.3. The lowest BCUT2D eigenvalue weighted by Crippen LogP contribution is -2.40. The van der Waals surface area contributed by atoms with Gasteiger partial charge >= 0.3 is 0 Å². The van der Waals surface area contributed by atoms with Crippen LogP contribution in [0, 0.1) is 0 Å². The molecule has 0 saturated carbocycles. The molecule has 0 spiro atoms. The highest BCUT2D eigenvalue weighted by molar-refractivity contribution is 5.64. The molecule has 2 aliphatic heterocycles. The largest absolute Gasteiger partial charge is 0.497 e. The molecule has 158 valence electrons. The van der Waals surface area contributed by atoms with Crippen LogP contribution in [-0.4, -0.2) is 59.8 Å². The number of fused-ring (bicyclic) bond motifs is 1. The Hall–Kier alpha value is -3.29. The van der Waals surface area contributed by atoms with Crippen LogP contribution in [0.1, 0.15) is 17.4 Å². The fraction of sp³-hybridized carbons (Fsp3) is 0.292. The van der Waals surface area contributed by atoms with Gasteiger partial charge in [-0.25, -0.2) is 9.97 Å². The van der Waals surface area contributed by atoms with E-state index in [1.165, 1.54) is 11.9 Å². The van der Waals surface area contributed by atoms with Crippen LogP contribution in [0.5, 0.6) is 11.5 Å². The van der Waals surface area contributed by atoms with Crippen LogP contribution in [0.4, 0.5) is 0 Å². The Morgan fingerprint density at radius 1 is 1.10 bits per heavy atom. The molecule has 0 aliphatic carbocycles. The number of morpholine rings is 1. The van der Waals surface area contributed by atoms with E-state index in [1.54, 1.807) is 19.5 Å². The van der Waals surface area contributed by atoms with E-state index < -0.39 is 0 Å². The summed E-state index contributed by atoms with van der Waals surface area (Å²) in [4.78, 5) is 15.2. The normalized spacial score (nSPS) is 18.6. The Bertz CT molecular complexity index is 1070. The van der Waals surface area contributed by atoms with E-state index in [0.29, 0.717) is 13.2 Å². The van der Waals surface area contributed by atoms with Gasteiger partial charge in [-0.2, -0.15) is 0 Å². The molecule has 0 radical (unpaired) electrons. The molecule has 4 heterocycles. The predicted molar refractivity (Wildman–Crippen MR) is 117 cm³/mol. The second-order valence-corrected chi connectivity index (χ2v) is 7.69. The minimum atomic E-state index is -0.0488. The first-order chi connectivity index (χ1) is 15.3. The van der Waals surface area contributed by atoms with Gasteiger partial charge in [-0.15, -0.1) is 0 Å². The monoisotopic (exact) mass is 416 g/mol. The molecule has 3 aromatic rings. The lowest BCUT2D eigenvalue weighted by atomic mass is 10.1. The maximum atomic E-state index is 6.02. The molecule has 0 amide bonds. The summed E-state index contributed by atoms with van der Waals surface area (Å²) >= 11 is 0. The molecular weight excluding hydrogens is 392 g/mol. The number of hydrogen-bond acceptors (Lipinski definition) is 7. The molecule has 0 bridgehead atoms. The Balaban J connectivity index is 1.26. The number of nitrogens with zero attached hydrogens (tertiary/aromatic N) is 4. The molecule has 2 aromatic heterocycles. The lowest BCUT2D eigenvalue weighted by molar-refractivity contribution is -0.0294. The van der Waals surface area contributed by atoms with Crippen LogP contribution in [0.2, 0.25) is 0 Å². The van der Waals surface area contributed by atoms with Crippen LogP contribution in [0.15, 0.2) is 60.8 Å². The SMILES string of the molecule is COc1ccc2c(c1)C=C(CN1CCO[C@@H](c3ccc(-c4cncnc4)cn3)C1)CO2. The van der Waals surface area contributed by atoms with E-state index in [4.69, 9.17) is 14.2 Å². The number of methoxy groups -OCH3 is 1. The summed E-state index contributed by atoms with van der Waals surface area (Å²) in [6.07, 6.45) is 9.12. The van der Waals surface area contributed by atoms with Gasteiger partial charge in [-0.3, -0.25) is 9.88 Å². The second-order valence-electron chi connectivity index (χ2n) is 7.69. The van der Waals surface area contributed by atoms with Crippen LogP contribution < -0.4 is 9.47 Å². The fourth-order valence-electron chi connectivity index (χ4n) is 3.95. The Kier molecular flexibility index (Phi) is 5.60. The minimum Gasteiger partial charge on any atom is -0.497 e. The van der Waals surface area contributed by atoms with Crippen molar-refractivity contribution in [1.29, 1.82) is 0 Å². The molecule has 5 rings (SSSR count). The molecule has 1 saturated heterocycles. The van der Waals surface area contributed by atoms with Crippen LogP contribution in [-0.2, 0) is 4.74 Å². The van der Waals surface area contributed by atoms with Crippen LogP contribution in [0.3, 0.4) is 0 Å². The molecule has 7 nitrogen and oxygen atoms in total. The zero-order valence-electron chi connectivity index (χ0n) is 17.4. The number of rotatable bonds is 5. The summed E-state index contributed by atoms with van der Waals surface area (Å²) in [5, 5.41) is 0. The third kappa shape index (κ3) is 4.42. The molecule has 1 aromatic carbocycles. The number of ether oxygens (including phenoxy) is 3. The Morgan fingerprint density at radius 3 is 2.81 bits per heavy atom. The summed E-state index contributed by atoms with van der Waals surface area (Å²) < 4.78 is 17.3. The number of hydrogen-bond donors (Lipinski definition) is 0. The Labute approximate surface area is 181 Å². The van der Waals surface area contributed by atoms with Gasteiger partial charge < -0.3 is 14.2 Å². The maximum Gasteiger partial charge on any atom is 0.127 e. The van der Waals surface area contributed by atoms with Crippen molar-refractivity contribution >= 4 is 6.08 Å². The average Bonchev–Trinajstić information content (AvgIpc) is 2.84. The van der Waals surface area contributed by atoms with Gasteiger partial charge in [0.05, 0.1) is 19.4 Å². The highest BCUT2D eigenvalue weighted by atomic mass is 16.5. The summed E-state index contributed by atoms with van der Waals surface area (Å²) in [5.41, 5.74) is 5.19. The van der Waals surface area contributed by atoms with Gasteiger partial charge in [-0.05, 0) is 35.9 Å². The Morgan fingerprint density at radius 2 is 2.00 bits per heavy atom. The molecule has 2 aliphatic rings. The van der Waals surface area contributed by atoms with Crippen LogP contribution >= 0.6 is 0 Å². The summed E-state index contributed by atoms with van der Waals surface area (Å²) in [6, 6.07) is 9.98. The maximum absolute atomic E-state index is 6.02. The van der Waals surface area contributed by atoms with Crippen molar-refractivity contribution in [3.8, 4) is 22.6 Å². The average molecular weight is 416 g/mol. The van der Waals surface area contributed by atoms with Gasteiger partial charge in [0.1, 0.15) is 30.5 Å². The van der Waals surface area contributed by atoms with Crippen molar-refractivity contribution in [3.63, 3.8) is 0 Å². The molecule has 31 heavy (non-hydrogen) atoms. The first-order valence-corrected chi connectivity index (χ1v) is 10.3. The van der Waals surface area contributed by atoms with Crippen molar-refractivity contribution in [2.75, 3.05) is 40.0 Å². The van der Waals surface area contributed by atoms with Gasteiger partial charge in [0.15, 0.2) is 0 Å². The summed E-state index contributed by atoms with van der Waals surface area (Å²) in [7, 11) is 1.68. The summed E-state index contributed by atoms with van der Waals surface area (Å²) in [5.74, 6) is 1.74. The quantitative estimate of drug-likeness (QED) is 0.631. The first kappa shape index (κ1) is 19.7. The molecule has 1 fully saturated rings. The number of aromatic nitrogens is 3. The van der Waals surface area contributed by atoms with E-state index in [2.05, 4.69) is 25.9 Å². The van der Waals surface area contributed by atoms with E-state index in [-0.39, 0.29) is 6.10 Å². The van der Waals surface area contributed by atoms with Gasteiger partial charge in [0, 0.05) is 54.9 Å². The lowest BCUT2D eigenvalue weighted by Gasteiger charge is -2.33. The zero-order valence-corrected chi connectivity index (χ0v) is 17.4. The third-order valence-electron chi connectivity index (χ3n) is 5.58. The number of pyridine rings is 1. The van der Waals surface area contributed by atoms with E-state index in [1.807, 2.05) is 36.5 Å². The molecular formula is C24H24N4O3. The third-order valence-corrected chi connectivity index (χ3v) is 5.58. The zero-order chi connectivity index (χ0) is 21.0. The molecule has 0 N–H and O–H groups in total. The van der Waals surface area contributed by atoms with Gasteiger partial charge in [0.2, 0.25) is 0 Å². The van der Waals surface area contributed by atoms with Crippen molar-refractivity contribution in [2.45, 2.75) is 6.10 Å². The standard InChI is InChI=1S/C24H24N4O3/c1-29-21-3-5-23-19(9-21)8-17(15-31-23)13-28-6-7-30-24(14-28)22-4-2-18(12-27-22)20-10-25-16-26-11-20/h2-5,8-12,16,24H,6-7,13-15H2,1H3/t24-/m1/s1. The smallest absolute Gasteiger partial charge is 0.127 e. The summed E-state index contributed by atoms with van der Waals surface area (Å²) in [6.45, 7) is 3.81. The predicted octanol–water partition coefficient (Wildman–Crippen LogP) is 3.40. The molecule has 0 unspecified atom stereocenters. The highest BCUT2D eigenvalue weighted by Gasteiger charge is 2.24. The highest BCUT2D eigenvalue weighted by Crippen LogP contribution is 2.31. The number of benzene rings is 1. The molecule has 1 atom stereocenters. The van der Waals surface area contributed by atoms with Crippen LogP contribution in [0.25, 0.3) is 17.2 Å². The van der Waals surface area contributed by atoms with Gasteiger partial charge in [-0.1, -0.05) is 6.07 Å². The fourth-order valence-corrected chi connectivity index (χ4v) is 3.95. The van der Waals surface area contributed by atoms with Crippen molar-refractivity contribution in [1.82, 2.24) is 19.9 Å². The van der Waals surface area contributed by atoms with Crippen molar-refractivity contribution < 1.29 is 14.2 Å². The van der Waals surface area contributed by atoms with Gasteiger partial charge in [0.25, 0.3) is 0 Å². The van der Waals surface area contributed by atoms with E-state index >= 15 is 0 Å². The molecule has 7 heteroatoms. The second kappa shape index (κ2) is 8.83. The van der Waals surface area contributed by atoms with E-state index in [0.717, 1.165) is 53.5 Å². The topological polar surface area (TPSA) is 69.6 Å². The van der Waals surface area contributed by atoms with Crippen molar-refractivity contribution in [2.24, 2.45) is 0 Å². The minimum absolute atomic E-state index is 0.0488. The van der Waals surface area contributed by atoms with E-state index in [9.17, 15) is 0 Å².